The zero-order valence-corrected chi connectivity index (χ0v) is 39.6. The summed E-state index contributed by atoms with van der Waals surface area (Å²) in [6, 6.07) is 0. The van der Waals surface area contributed by atoms with Gasteiger partial charge in [0.1, 0.15) is 19.8 Å². The molecule has 59 heavy (non-hydrogen) atoms. The van der Waals surface area contributed by atoms with Gasteiger partial charge in [-0.25, -0.2) is 4.57 Å². The van der Waals surface area contributed by atoms with Gasteiger partial charge in [-0.15, -0.1) is 0 Å². The number of ether oxygens (including phenoxy) is 2. The van der Waals surface area contributed by atoms with Gasteiger partial charge in [-0.05, 0) is 57.8 Å². The van der Waals surface area contributed by atoms with Gasteiger partial charge in [0.25, 0.3) is 0 Å². The number of nitrogens with zero attached hydrogens (tertiary/aromatic N) is 1. The van der Waals surface area contributed by atoms with Crippen molar-refractivity contribution in [3.05, 3.63) is 48.6 Å². The summed E-state index contributed by atoms with van der Waals surface area (Å²) >= 11 is 0. The van der Waals surface area contributed by atoms with E-state index in [2.05, 4.69) is 62.5 Å². The second-order valence-corrected chi connectivity index (χ2v) is 18.6. The fourth-order valence-electron chi connectivity index (χ4n) is 6.35. The topological polar surface area (TPSA) is 108 Å². The van der Waals surface area contributed by atoms with Crippen LogP contribution in [0.25, 0.3) is 0 Å². The molecule has 0 saturated carbocycles. The molecular formula is C49H91NO8P+. The first-order valence-electron chi connectivity index (χ1n) is 23.9. The van der Waals surface area contributed by atoms with Crippen molar-refractivity contribution < 1.29 is 42.1 Å². The Labute approximate surface area is 363 Å². The average molecular weight is 853 g/mol. The van der Waals surface area contributed by atoms with Gasteiger partial charge in [0.2, 0.25) is 0 Å². The number of phosphoric ester groups is 1. The van der Waals surface area contributed by atoms with Gasteiger partial charge in [-0.3, -0.25) is 18.6 Å². The van der Waals surface area contributed by atoms with Gasteiger partial charge in [-0.1, -0.05) is 178 Å². The van der Waals surface area contributed by atoms with E-state index in [0.717, 1.165) is 51.4 Å². The maximum Gasteiger partial charge on any atom is 0.472 e. The lowest BCUT2D eigenvalue weighted by atomic mass is 10.0. The number of allylic oxidation sites excluding steroid dienone is 8. The van der Waals surface area contributed by atoms with Crippen molar-refractivity contribution in [1.82, 2.24) is 0 Å². The van der Waals surface area contributed by atoms with E-state index in [1.54, 1.807) is 0 Å². The van der Waals surface area contributed by atoms with Crippen LogP contribution in [-0.2, 0) is 32.7 Å². The molecule has 344 valence electrons. The Morgan fingerprint density at radius 2 is 0.915 bits per heavy atom. The summed E-state index contributed by atoms with van der Waals surface area (Å²) in [6.07, 6.45) is 48.7. The number of hydrogen-bond acceptors (Lipinski definition) is 7. The number of carbonyl (C=O) groups excluding carboxylic acids is 2. The lowest BCUT2D eigenvalue weighted by molar-refractivity contribution is -0.870. The summed E-state index contributed by atoms with van der Waals surface area (Å²) in [5.41, 5.74) is 0. The minimum atomic E-state index is -4.38. The van der Waals surface area contributed by atoms with E-state index in [4.69, 9.17) is 18.5 Å². The minimum absolute atomic E-state index is 0.0262. The van der Waals surface area contributed by atoms with E-state index in [1.165, 1.54) is 109 Å². The zero-order chi connectivity index (χ0) is 43.6. The Bertz CT molecular complexity index is 1150. The molecule has 0 aromatic carbocycles. The molecule has 1 unspecified atom stereocenters. The maximum absolute atomic E-state index is 12.7. The Hall–Kier alpha value is -2.03. The highest BCUT2D eigenvalue weighted by Gasteiger charge is 2.27. The van der Waals surface area contributed by atoms with Crippen LogP contribution in [-0.4, -0.2) is 74.9 Å². The van der Waals surface area contributed by atoms with Crippen molar-refractivity contribution in [2.24, 2.45) is 0 Å². The van der Waals surface area contributed by atoms with E-state index in [1.807, 2.05) is 21.1 Å². The number of carbonyl (C=O) groups is 2. The van der Waals surface area contributed by atoms with Gasteiger partial charge in [0.15, 0.2) is 6.10 Å². The number of hydrogen-bond donors (Lipinski definition) is 1. The zero-order valence-electron chi connectivity index (χ0n) is 38.7. The molecule has 0 heterocycles. The van der Waals surface area contributed by atoms with Crippen LogP contribution in [0.5, 0.6) is 0 Å². The van der Waals surface area contributed by atoms with Crippen LogP contribution >= 0.6 is 7.82 Å². The van der Waals surface area contributed by atoms with Crippen molar-refractivity contribution in [2.45, 2.75) is 206 Å². The van der Waals surface area contributed by atoms with Crippen molar-refractivity contribution in [3.8, 4) is 0 Å². The van der Waals surface area contributed by atoms with E-state index in [-0.39, 0.29) is 26.1 Å². The second kappa shape index (κ2) is 41.3. The summed E-state index contributed by atoms with van der Waals surface area (Å²) in [7, 11) is 1.46. The third kappa shape index (κ3) is 45.3. The molecule has 0 aliphatic carbocycles. The molecule has 0 aliphatic heterocycles. The third-order valence-electron chi connectivity index (χ3n) is 10.1. The summed E-state index contributed by atoms with van der Waals surface area (Å²) in [5.74, 6) is -0.830. The molecule has 0 spiro atoms. The molecule has 9 nitrogen and oxygen atoms in total. The average Bonchev–Trinajstić information content (AvgIpc) is 3.19. The summed E-state index contributed by atoms with van der Waals surface area (Å²) in [6.45, 7) is 4.37. The molecule has 1 N–H and O–H groups in total. The molecule has 0 rings (SSSR count). The van der Waals surface area contributed by atoms with E-state index >= 15 is 0 Å². The maximum atomic E-state index is 12.7. The molecule has 0 aromatic heterocycles. The summed E-state index contributed by atoms with van der Waals surface area (Å²) in [4.78, 5) is 35.4. The highest BCUT2D eigenvalue weighted by atomic mass is 31.2. The van der Waals surface area contributed by atoms with Crippen LogP contribution in [0, 0.1) is 0 Å². The lowest BCUT2D eigenvalue weighted by Gasteiger charge is -2.24. The van der Waals surface area contributed by atoms with E-state index in [9.17, 15) is 19.0 Å². The minimum Gasteiger partial charge on any atom is -0.462 e. The monoisotopic (exact) mass is 853 g/mol. The summed E-state index contributed by atoms with van der Waals surface area (Å²) in [5, 5.41) is 0. The van der Waals surface area contributed by atoms with Crippen LogP contribution in [0.2, 0.25) is 0 Å². The predicted molar refractivity (Wildman–Crippen MR) is 247 cm³/mol. The van der Waals surface area contributed by atoms with E-state index < -0.39 is 32.5 Å². The molecule has 10 heteroatoms. The Morgan fingerprint density at radius 3 is 1.39 bits per heavy atom. The van der Waals surface area contributed by atoms with Crippen molar-refractivity contribution >= 4 is 19.8 Å². The molecule has 0 fully saturated rings. The SMILES string of the molecule is CCCCC/C=C\C/C=C\C/C=C\C/C=C\CCCCCC(=O)OC[C@H](COP(=O)(O)OCC[N+](C)(C)C)OC(=O)CCCCCCCCCCCCCCCCCC. The quantitative estimate of drug-likeness (QED) is 0.0212. The Kier molecular flexibility index (Phi) is 39.9. The summed E-state index contributed by atoms with van der Waals surface area (Å²) < 4.78 is 34.4. The highest BCUT2D eigenvalue weighted by molar-refractivity contribution is 7.47. The number of esters is 2. The smallest absolute Gasteiger partial charge is 0.462 e. The van der Waals surface area contributed by atoms with Gasteiger partial charge >= 0.3 is 19.8 Å². The standard InChI is InChI=1S/C49H90NO8P/c1-6-8-10-12-14-16-18-20-22-24-25-26-28-29-31-33-35-37-39-41-48(51)55-45-47(46-57-59(53,54)56-44-43-50(3,4)5)58-49(52)42-40-38-36-34-32-30-27-23-21-19-17-15-13-11-9-7-2/h14,16,20,22,25-26,29,31,47H,6-13,15,17-19,21,23-24,27-28,30,32-46H2,1-5H3/p+1/b16-14-,22-20-,26-25-,31-29-/t47-/m1/s1. The van der Waals surface area contributed by atoms with Gasteiger partial charge < -0.3 is 18.9 Å². The number of unbranched alkanes of at least 4 members (excludes halogenated alkanes) is 21. The van der Waals surface area contributed by atoms with Gasteiger partial charge in [0.05, 0.1) is 27.7 Å². The number of quaternary nitrogens is 1. The normalized spacial score (nSPS) is 13.9. The largest absolute Gasteiger partial charge is 0.472 e. The molecule has 0 bridgehead atoms. The third-order valence-corrected chi connectivity index (χ3v) is 11.1. The molecule has 0 saturated heterocycles. The van der Waals surface area contributed by atoms with Gasteiger partial charge in [0, 0.05) is 12.8 Å². The first-order valence-corrected chi connectivity index (χ1v) is 25.4. The molecule has 0 radical (unpaired) electrons. The Balaban J connectivity index is 4.36. The molecule has 0 aliphatic rings. The van der Waals surface area contributed by atoms with Crippen molar-refractivity contribution in [3.63, 3.8) is 0 Å². The highest BCUT2D eigenvalue weighted by Crippen LogP contribution is 2.43. The molecular weight excluding hydrogens is 762 g/mol. The van der Waals surface area contributed by atoms with Crippen molar-refractivity contribution in [2.75, 3.05) is 47.5 Å². The van der Waals surface area contributed by atoms with Crippen LogP contribution < -0.4 is 0 Å². The van der Waals surface area contributed by atoms with Crippen molar-refractivity contribution in [1.29, 1.82) is 0 Å². The molecule has 0 amide bonds. The first-order chi connectivity index (χ1) is 28.5. The van der Waals surface area contributed by atoms with E-state index in [0.29, 0.717) is 23.9 Å². The number of likely N-dealkylation sites (N-methyl/N-ethyl adjacent to an activating group) is 1. The Morgan fingerprint density at radius 1 is 0.525 bits per heavy atom. The van der Waals surface area contributed by atoms with Crippen LogP contribution in [0.1, 0.15) is 200 Å². The lowest BCUT2D eigenvalue weighted by Crippen LogP contribution is -2.37. The molecule has 0 aromatic rings. The fourth-order valence-corrected chi connectivity index (χ4v) is 7.09. The van der Waals surface area contributed by atoms with Crippen LogP contribution in [0.15, 0.2) is 48.6 Å². The fraction of sp³-hybridized carbons (Fsp3) is 0.796. The first kappa shape index (κ1) is 57.0. The molecule has 2 atom stereocenters. The van der Waals surface area contributed by atoms with Crippen LogP contribution in [0.3, 0.4) is 0 Å². The number of rotatable bonds is 43. The number of phosphoric acid groups is 1. The van der Waals surface area contributed by atoms with Gasteiger partial charge in [-0.2, -0.15) is 0 Å². The second-order valence-electron chi connectivity index (χ2n) is 17.1. The van der Waals surface area contributed by atoms with Crippen LogP contribution in [0.4, 0.5) is 0 Å². The predicted octanol–water partition coefficient (Wildman–Crippen LogP) is 13.9.